The summed E-state index contributed by atoms with van der Waals surface area (Å²) in [7, 11) is 0. The normalized spacial score (nSPS) is 24.3. The fourth-order valence-electron chi connectivity index (χ4n) is 8.73. The topological polar surface area (TPSA) is 142 Å². The fraction of sp³-hybridized carbons (Fsp3) is 0.429. The molecule has 2 aromatic carbocycles. The first-order chi connectivity index (χ1) is 25.0. The predicted molar refractivity (Wildman–Crippen MR) is 189 cm³/mol. The molecule has 1 amide bonds. The van der Waals surface area contributed by atoms with Crippen molar-refractivity contribution in [2.24, 2.45) is 0 Å². The summed E-state index contributed by atoms with van der Waals surface area (Å²) in [5, 5.41) is 14.7. The third kappa shape index (κ3) is 4.92. The Hall–Kier alpha value is -4.72. The molecule has 2 N–H and O–H groups in total. The van der Waals surface area contributed by atoms with E-state index in [2.05, 4.69) is 20.0 Å². The van der Waals surface area contributed by atoms with E-state index in [9.17, 15) is 18.8 Å². The third-order valence-electron chi connectivity index (χ3n) is 11.3. The van der Waals surface area contributed by atoms with Crippen LogP contribution in [0.25, 0.3) is 32.1 Å². The molecule has 7 heterocycles. The lowest BCUT2D eigenvalue weighted by Gasteiger charge is -2.50. The average Bonchev–Trinajstić information content (AvgIpc) is 3.93. The van der Waals surface area contributed by atoms with Crippen molar-refractivity contribution < 1.29 is 22.7 Å². The molecule has 52 heavy (non-hydrogen) atoms. The highest BCUT2D eigenvalue weighted by molar-refractivity contribution is 7.23. The zero-order valence-electron chi connectivity index (χ0n) is 28.0. The van der Waals surface area contributed by atoms with Crippen LogP contribution < -0.4 is 15.4 Å². The SMILES string of the molecule is Cc1ncn(C(=O)N2CC[C@@]23CCN(c2nc(OC[C@@]45CCCN4C[C@H](F)C5)nc4c(F)c(-c5ccc(F)c6sc(N)c(C#N)c56)c(Cl)cc24)C3)n1. The molecule has 4 aliphatic heterocycles. The summed E-state index contributed by atoms with van der Waals surface area (Å²) in [6.45, 7) is 4.39. The summed E-state index contributed by atoms with van der Waals surface area (Å²) in [4.78, 5) is 32.8. The first-order valence-electron chi connectivity index (χ1n) is 17.1. The number of likely N-dealkylation sites (tertiary alicyclic amines) is 1. The van der Waals surface area contributed by atoms with Crippen LogP contribution >= 0.6 is 22.9 Å². The minimum absolute atomic E-state index is 0.00132. The number of hydrogen-bond acceptors (Lipinski definition) is 11. The van der Waals surface area contributed by atoms with Crippen LogP contribution in [0.2, 0.25) is 5.02 Å². The molecule has 4 fully saturated rings. The lowest BCUT2D eigenvalue weighted by atomic mass is 9.84. The number of benzene rings is 2. The fourth-order valence-corrected chi connectivity index (χ4v) is 9.97. The van der Waals surface area contributed by atoms with E-state index in [1.54, 1.807) is 17.9 Å². The molecule has 0 bridgehead atoms. The van der Waals surface area contributed by atoms with Gasteiger partial charge in [0.2, 0.25) is 0 Å². The van der Waals surface area contributed by atoms with Crippen LogP contribution in [0.3, 0.4) is 0 Å². The Balaban J connectivity index is 1.15. The van der Waals surface area contributed by atoms with Gasteiger partial charge in [-0.2, -0.15) is 19.9 Å². The number of aryl methyl sites for hydroxylation is 1. The van der Waals surface area contributed by atoms with Crippen molar-refractivity contribution in [3.63, 3.8) is 0 Å². The van der Waals surface area contributed by atoms with Gasteiger partial charge < -0.3 is 20.3 Å². The Kier molecular flexibility index (Phi) is 7.59. The smallest absolute Gasteiger partial charge is 0.346 e. The van der Waals surface area contributed by atoms with Gasteiger partial charge in [0.25, 0.3) is 0 Å². The summed E-state index contributed by atoms with van der Waals surface area (Å²) in [5.74, 6) is -0.541. The quantitative estimate of drug-likeness (QED) is 0.225. The molecular formula is C35H32ClF3N10O2S. The van der Waals surface area contributed by atoms with E-state index in [1.807, 2.05) is 11.0 Å². The second-order valence-electron chi connectivity index (χ2n) is 14.2. The van der Waals surface area contributed by atoms with Crippen molar-refractivity contribution in [2.45, 2.75) is 56.3 Å². The molecule has 268 valence electrons. The van der Waals surface area contributed by atoms with Crippen LogP contribution in [0.5, 0.6) is 6.01 Å². The highest BCUT2D eigenvalue weighted by Crippen LogP contribution is 2.48. The molecule has 3 atom stereocenters. The van der Waals surface area contributed by atoms with E-state index in [0.29, 0.717) is 56.0 Å². The summed E-state index contributed by atoms with van der Waals surface area (Å²) >= 11 is 7.80. The van der Waals surface area contributed by atoms with Crippen LogP contribution in [-0.2, 0) is 0 Å². The number of nitrogen functional groups attached to an aromatic ring is 1. The highest BCUT2D eigenvalue weighted by atomic mass is 35.5. The number of fused-ring (bicyclic) bond motifs is 3. The molecular weight excluding hydrogens is 717 g/mol. The number of nitriles is 1. The highest BCUT2D eigenvalue weighted by Gasteiger charge is 2.53. The van der Waals surface area contributed by atoms with E-state index in [0.717, 1.165) is 37.1 Å². The first-order valence-corrected chi connectivity index (χ1v) is 18.3. The van der Waals surface area contributed by atoms with Crippen molar-refractivity contribution in [1.82, 2.24) is 34.5 Å². The maximum Gasteiger partial charge on any atom is 0.346 e. The number of carbonyl (C=O) groups is 1. The standard InChI is InChI=1S/C35H32ClF3N10O2S/c1-18-42-17-49(45-18)33(50)48-10-7-34(48)6-9-46(15-34)31-21-11-23(36)26(20-3-4-24(38)29-25(20)22(13-40)30(41)52-29)27(39)28(21)43-32(44-31)51-16-35-5-2-8-47(35)14-19(37)12-35/h3-4,11,17,19H,2,5-10,12,14-16,41H2,1H3/t19-,34-,35+/m1/s1. The van der Waals surface area contributed by atoms with Crippen molar-refractivity contribution in [1.29, 1.82) is 5.26 Å². The predicted octanol–water partition coefficient (Wildman–Crippen LogP) is 6.08. The Bertz CT molecular complexity index is 2360. The van der Waals surface area contributed by atoms with Gasteiger partial charge in [-0.25, -0.2) is 22.9 Å². The molecule has 3 aromatic heterocycles. The lowest BCUT2D eigenvalue weighted by molar-refractivity contribution is 0.0399. The van der Waals surface area contributed by atoms with Crippen LogP contribution in [-0.4, -0.2) is 97.1 Å². The van der Waals surface area contributed by atoms with E-state index in [1.165, 1.54) is 23.1 Å². The second kappa shape index (κ2) is 11.9. The lowest BCUT2D eigenvalue weighted by Crippen LogP contribution is -2.64. The molecule has 4 aliphatic rings. The maximum absolute atomic E-state index is 17.1. The number of anilines is 2. The molecule has 1 spiro atoms. The maximum atomic E-state index is 17.1. The number of rotatable bonds is 5. The number of amides is 1. The minimum Gasteiger partial charge on any atom is -0.461 e. The number of aromatic nitrogens is 5. The molecule has 0 radical (unpaired) electrons. The number of alkyl halides is 1. The number of halogens is 4. The minimum atomic E-state index is -0.966. The Morgan fingerprint density at radius 2 is 2.04 bits per heavy atom. The van der Waals surface area contributed by atoms with Crippen LogP contribution in [0.1, 0.15) is 43.5 Å². The van der Waals surface area contributed by atoms with Gasteiger partial charge in [0.05, 0.1) is 26.4 Å². The van der Waals surface area contributed by atoms with Crippen molar-refractivity contribution in [2.75, 3.05) is 50.0 Å². The van der Waals surface area contributed by atoms with E-state index >= 15 is 4.39 Å². The number of nitrogens with zero attached hydrogens (tertiary/aromatic N) is 9. The van der Waals surface area contributed by atoms with Gasteiger partial charge in [0, 0.05) is 48.9 Å². The number of hydrogen-bond donors (Lipinski definition) is 1. The zero-order valence-corrected chi connectivity index (χ0v) is 29.6. The van der Waals surface area contributed by atoms with Crippen molar-refractivity contribution in [3.8, 4) is 23.2 Å². The molecule has 9 rings (SSSR count). The Morgan fingerprint density at radius 1 is 1.21 bits per heavy atom. The zero-order chi connectivity index (χ0) is 36.1. The molecule has 0 aliphatic carbocycles. The van der Waals surface area contributed by atoms with Crippen LogP contribution in [0.15, 0.2) is 24.5 Å². The largest absolute Gasteiger partial charge is 0.461 e. The van der Waals surface area contributed by atoms with Crippen molar-refractivity contribution in [3.05, 3.63) is 52.6 Å². The van der Waals surface area contributed by atoms with Gasteiger partial charge in [-0.05, 0) is 56.8 Å². The number of carbonyl (C=O) groups excluding carboxylic acids is 1. The van der Waals surface area contributed by atoms with E-state index in [4.69, 9.17) is 27.1 Å². The van der Waals surface area contributed by atoms with Gasteiger partial charge >= 0.3 is 12.0 Å². The number of ether oxygens (including phenoxy) is 1. The number of thiophene rings is 1. The monoisotopic (exact) mass is 748 g/mol. The third-order valence-corrected chi connectivity index (χ3v) is 12.6. The molecule has 12 nitrogen and oxygen atoms in total. The summed E-state index contributed by atoms with van der Waals surface area (Å²) in [5.41, 5.74) is 5.14. The van der Waals surface area contributed by atoms with Gasteiger partial charge in [0.15, 0.2) is 5.82 Å². The summed E-state index contributed by atoms with van der Waals surface area (Å²) in [6, 6.07) is 5.81. The molecule has 4 saturated heterocycles. The Labute approximate surface area is 304 Å². The molecule has 0 saturated carbocycles. The molecule has 17 heteroatoms. The van der Waals surface area contributed by atoms with Gasteiger partial charge in [-0.1, -0.05) is 17.7 Å². The van der Waals surface area contributed by atoms with Gasteiger partial charge in [0.1, 0.15) is 53.2 Å². The molecule has 5 aromatic rings. The van der Waals surface area contributed by atoms with E-state index in [-0.39, 0.29) is 61.0 Å². The first kappa shape index (κ1) is 33.1. The van der Waals surface area contributed by atoms with Gasteiger partial charge in [-0.15, -0.1) is 16.4 Å². The summed E-state index contributed by atoms with van der Waals surface area (Å²) < 4.78 is 54.3. The van der Waals surface area contributed by atoms with E-state index < -0.39 is 28.9 Å². The van der Waals surface area contributed by atoms with Crippen LogP contribution in [0, 0.1) is 29.9 Å². The van der Waals surface area contributed by atoms with Crippen molar-refractivity contribution >= 4 is 60.8 Å². The number of nitrogens with two attached hydrogens (primary N) is 1. The summed E-state index contributed by atoms with van der Waals surface area (Å²) in [6.07, 6.45) is 3.82. The molecule has 0 unspecified atom stereocenters. The average molecular weight is 749 g/mol. The van der Waals surface area contributed by atoms with Gasteiger partial charge in [-0.3, -0.25) is 4.90 Å². The van der Waals surface area contributed by atoms with Crippen LogP contribution in [0.4, 0.5) is 28.8 Å². The second-order valence-corrected chi connectivity index (χ2v) is 15.7. The Morgan fingerprint density at radius 3 is 2.79 bits per heavy atom.